The van der Waals surface area contributed by atoms with Crippen LogP contribution in [0, 0.1) is 0 Å². The first-order valence-corrected chi connectivity index (χ1v) is 7.28. The minimum absolute atomic E-state index is 0.304. The number of benzene rings is 2. The third-order valence-corrected chi connectivity index (χ3v) is 3.40. The number of halogens is 4. The minimum Gasteiger partial charge on any atom is -0.439 e. The lowest BCUT2D eigenvalue weighted by Crippen LogP contribution is -2.16. The first kappa shape index (κ1) is 15.6. The van der Waals surface area contributed by atoms with Gasteiger partial charge in [0.2, 0.25) is 5.88 Å². The van der Waals surface area contributed by atoms with Gasteiger partial charge in [0.15, 0.2) is 0 Å². The average Bonchev–Trinajstić information content (AvgIpc) is 2.48. The van der Waals surface area contributed by atoms with E-state index < -0.39 is 6.36 Å². The number of rotatable bonds is 3. The number of hydrogen-bond donors (Lipinski definition) is 0. The van der Waals surface area contributed by atoms with Gasteiger partial charge in [-0.3, -0.25) is 0 Å². The van der Waals surface area contributed by atoms with Gasteiger partial charge in [-0.2, -0.15) is 0 Å². The van der Waals surface area contributed by atoms with Gasteiger partial charge in [0, 0.05) is 15.9 Å². The quantitative estimate of drug-likeness (QED) is 0.582. The Kier molecular flexibility index (Phi) is 4.12. The maximum atomic E-state index is 12.1. The molecule has 3 nitrogen and oxygen atoms in total. The molecule has 0 fully saturated rings. The van der Waals surface area contributed by atoms with Gasteiger partial charge in [0.25, 0.3) is 0 Å². The molecule has 3 rings (SSSR count). The molecule has 0 aliphatic carbocycles. The molecule has 0 unspecified atom stereocenters. The maximum Gasteiger partial charge on any atom is 0.573 e. The van der Waals surface area contributed by atoms with E-state index >= 15 is 0 Å². The van der Waals surface area contributed by atoms with Crippen LogP contribution in [-0.2, 0) is 0 Å². The molecule has 1 heterocycles. The molecule has 0 amide bonds. The van der Waals surface area contributed by atoms with Crippen LogP contribution in [0.15, 0.2) is 59.1 Å². The van der Waals surface area contributed by atoms with Gasteiger partial charge >= 0.3 is 6.36 Å². The molecule has 1 aromatic heterocycles. The normalized spacial score (nSPS) is 11.5. The SMILES string of the molecule is FC(F)(F)Oc1ccc(Oc2ccc3cc(Br)ccc3n2)cc1. The van der Waals surface area contributed by atoms with Crippen LogP contribution >= 0.6 is 15.9 Å². The fourth-order valence-corrected chi connectivity index (χ4v) is 2.34. The fourth-order valence-electron chi connectivity index (χ4n) is 1.96. The summed E-state index contributed by atoms with van der Waals surface area (Å²) in [5, 5.41) is 0.945. The number of hydrogen-bond acceptors (Lipinski definition) is 3. The lowest BCUT2D eigenvalue weighted by atomic mass is 10.2. The van der Waals surface area contributed by atoms with Gasteiger partial charge in [-0.05, 0) is 48.5 Å². The first-order valence-electron chi connectivity index (χ1n) is 6.49. The van der Waals surface area contributed by atoms with E-state index in [1.54, 1.807) is 6.07 Å². The first-order chi connectivity index (χ1) is 10.9. The number of pyridine rings is 1. The van der Waals surface area contributed by atoms with E-state index in [0.717, 1.165) is 15.4 Å². The van der Waals surface area contributed by atoms with Gasteiger partial charge < -0.3 is 9.47 Å². The van der Waals surface area contributed by atoms with Gasteiger partial charge in [0.1, 0.15) is 11.5 Å². The van der Waals surface area contributed by atoms with Crippen molar-refractivity contribution >= 4 is 26.8 Å². The Labute approximate surface area is 137 Å². The molecule has 0 atom stereocenters. The van der Waals surface area contributed by atoms with Crippen LogP contribution in [0.25, 0.3) is 10.9 Å². The van der Waals surface area contributed by atoms with Crippen LogP contribution in [0.1, 0.15) is 0 Å². The maximum absolute atomic E-state index is 12.1. The standard InChI is InChI=1S/C16H9BrF3NO2/c17-11-2-7-14-10(9-11)1-8-15(21-14)22-12-3-5-13(6-4-12)23-16(18,19)20/h1-9H. The summed E-state index contributed by atoms with van der Waals surface area (Å²) in [5.74, 6) is 0.411. The van der Waals surface area contributed by atoms with Crippen LogP contribution < -0.4 is 9.47 Å². The second-order valence-electron chi connectivity index (χ2n) is 4.61. The number of alkyl halides is 3. The van der Waals surface area contributed by atoms with Crippen LogP contribution in [0.4, 0.5) is 13.2 Å². The smallest absolute Gasteiger partial charge is 0.439 e. The highest BCUT2D eigenvalue weighted by molar-refractivity contribution is 9.10. The van der Waals surface area contributed by atoms with Gasteiger partial charge in [-0.25, -0.2) is 4.98 Å². The molecule has 0 aliphatic heterocycles. The molecule has 0 spiro atoms. The van der Waals surface area contributed by atoms with Crippen molar-refractivity contribution < 1.29 is 22.6 Å². The number of nitrogens with zero attached hydrogens (tertiary/aromatic N) is 1. The summed E-state index contributed by atoms with van der Waals surface area (Å²) >= 11 is 3.38. The summed E-state index contributed by atoms with van der Waals surface area (Å²) < 4.78 is 46.6. The summed E-state index contributed by atoms with van der Waals surface area (Å²) in [4.78, 5) is 4.34. The molecular weight excluding hydrogens is 375 g/mol. The Balaban J connectivity index is 1.77. The zero-order valence-electron chi connectivity index (χ0n) is 11.5. The number of ether oxygens (including phenoxy) is 2. The highest BCUT2D eigenvalue weighted by Gasteiger charge is 2.30. The van der Waals surface area contributed by atoms with Crippen molar-refractivity contribution in [3.63, 3.8) is 0 Å². The molecule has 0 N–H and O–H groups in total. The van der Waals surface area contributed by atoms with Crippen molar-refractivity contribution in [3.8, 4) is 17.4 Å². The van der Waals surface area contributed by atoms with Crippen LogP contribution in [-0.4, -0.2) is 11.3 Å². The molecule has 3 aromatic rings. The highest BCUT2D eigenvalue weighted by atomic mass is 79.9. The van der Waals surface area contributed by atoms with Crippen molar-refractivity contribution in [2.24, 2.45) is 0 Å². The molecule has 0 saturated carbocycles. The lowest BCUT2D eigenvalue weighted by Gasteiger charge is -2.10. The van der Waals surface area contributed by atoms with Crippen molar-refractivity contribution in [3.05, 3.63) is 59.1 Å². The Morgan fingerprint density at radius 3 is 2.26 bits per heavy atom. The Morgan fingerprint density at radius 1 is 0.870 bits per heavy atom. The molecule has 0 saturated heterocycles. The van der Waals surface area contributed by atoms with E-state index in [0.29, 0.717) is 11.6 Å². The predicted octanol–water partition coefficient (Wildman–Crippen LogP) is 5.69. The lowest BCUT2D eigenvalue weighted by molar-refractivity contribution is -0.274. The molecule has 0 radical (unpaired) electrons. The Hall–Kier alpha value is -2.28. The monoisotopic (exact) mass is 383 g/mol. The van der Waals surface area contributed by atoms with E-state index in [1.807, 2.05) is 24.3 Å². The molecule has 0 bridgehead atoms. The minimum atomic E-state index is -4.71. The summed E-state index contributed by atoms with van der Waals surface area (Å²) in [7, 11) is 0. The Morgan fingerprint density at radius 2 is 1.57 bits per heavy atom. The Bertz CT molecular complexity index is 835. The predicted molar refractivity (Wildman–Crippen MR) is 82.6 cm³/mol. The average molecular weight is 384 g/mol. The molecule has 2 aromatic carbocycles. The summed E-state index contributed by atoms with van der Waals surface area (Å²) in [6.07, 6.45) is -4.71. The number of aromatic nitrogens is 1. The van der Waals surface area contributed by atoms with Crippen LogP contribution in [0.2, 0.25) is 0 Å². The van der Waals surface area contributed by atoms with E-state index in [1.165, 1.54) is 24.3 Å². The van der Waals surface area contributed by atoms with E-state index in [-0.39, 0.29) is 5.75 Å². The number of fused-ring (bicyclic) bond motifs is 1. The second-order valence-corrected chi connectivity index (χ2v) is 5.52. The van der Waals surface area contributed by atoms with Crippen molar-refractivity contribution in [1.82, 2.24) is 4.98 Å². The summed E-state index contributed by atoms with van der Waals surface area (Å²) in [5.41, 5.74) is 0.753. The topological polar surface area (TPSA) is 31.4 Å². The van der Waals surface area contributed by atoms with E-state index in [4.69, 9.17) is 4.74 Å². The van der Waals surface area contributed by atoms with Crippen molar-refractivity contribution in [1.29, 1.82) is 0 Å². The largest absolute Gasteiger partial charge is 0.573 e. The second kappa shape index (κ2) is 6.08. The van der Waals surface area contributed by atoms with E-state index in [2.05, 4.69) is 25.7 Å². The molecule has 118 valence electrons. The summed E-state index contributed by atoms with van der Waals surface area (Å²) in [6, 6.07) is 14.3. The summed E-state index contributed by atoms with van der Waals surface area (Å²) in [6.45, 7) is 0. The van der Waals surface area contributed by atoms with E-state index in [9.17, 15) is 13.2 Å². The third kappa shape index (κ3) is 4.13. The highest BCUT2D eigenvalue weighted by Crippen LogP contribution is 2.28. The van der Waals surface area contributed by atoms with Crippen molar-refractivity contribution in [2.45, 2.75) is 6.36 Å². The van der Waals surface area contributed by atoms with Gasteiger partial charge in [0.05, 0.1) is 5.52 Å². The van der Waals surface area contributed by atoms with Crippen molar-refractivity contribution in [2.75, 3.05) is 0 Å². The van der Waals surface area contributed by atoms with Crippen LogP contribution in [0.3, 0.4) is 0 Å². The van der Waals surface area contributed by atoms with Gasteiger partial charge in [-0.15, -0.1) is 13.2 Å². The molecular formula is C16H9BrF3NO2. The van der Waals surface area contributed by atoms with Gasteiger partial charge in [-0.1, -0.05) is 15.9 Å². The van der Waals surface area contributed by atoms with Crippen LogP contribution in [0.5, 0.6) is 17.4 Å². The zero-order valence-corrected chi connectivity index (χ0v) is 13.1. The molecule has 23 heavy (non-hydrogen) atoms. The molecule has 7 heteroatoms. The molecule has 0 aliphatic rings. The third-order valence-electron chi connectivity index (χ3n) is 2.91. The zero-order chi connectivity index (χ0) is 16.4. The fraction of sp³-hybridized carbons (Fsp3) is 0.0625.